The van der Waals surface area contributed by atoms with Crippen molar-refractivity contribution >= 4 is 94.5 Å². The Bertz CT molecular complexity index is 2840. The second-order valence-corrected chi connectivity index (χ2v) is 26.5. The van der Waals surface area contributed by atoms with Crippen LogP contribution in [0.4, 0.5) is 0 Å². The van der Waals surface area contributed by atoms with E-state index in [1.165, 1.54) is 11.8 Å². The molecule has 0 aromatic carbocycles. The number of hydrogen-bond acceptors (Lipinski definition) is 20. The summed E-state index contributed by atoms with van der Waals surface area (Å²) >= 11 is 0. The topological polar surface area (TPSA) is 577 Å². The number of primary amides is 2. The summed E-state index contributed by atoms with van der Waals surface area (Å²) in [5.41, 5.74) is 22.5. The molecule has 0 aromatic heterocycles. The largest absolute Gasteiger partial charge is 0.394 e. The Morgan fingerprint density at radius 3 is 1.67 bits per heavy atom. The highest BCUT2D eigenvalue weighted by Crippen LogP contribution is 2.19. The van der Waals surface area contributed by atoms with E-state index in [4.69, 9.17) is 22.9 Å². The fourth-order valence-electron chi connectivity index (χ4n) is 11.5. The van der Waals surface area contributed by atoms with Gasteiger partial charge in [0.15, 0.2) is 0 Å². The molecule has 36 heteroatoms. The highest BCUT2D eigenvalue weighted by molar-refractivity contribution is 6.00. The number of aliphatic hydroxyl groups is 2. The van der Waals surface area contributed by atoms with Crippen LogP contribution in [0, 0.1) is 11.8 Å². The average molecular weight is 1460 g/mol. The molecule has 0 saturated carbocycles. The van der Waals surface area contributed by atoms with Crippen molar-refractivity contribution in [2.24, 2.45) is 34.8 Å². The lowest BCUT2D eigenvalue weighted by Gasteiger charge is -2.30. The molecule has 2 fully saturated rings. The maximum absolute atomic E-state index is 14.5. The van der Waals surface area contributed by atoms with Crippen molar-refractivity contribution in [1.82, 2.24) is 74.0 Å². The lowest BCUT2D eigenvalue weighted by molar-refractivity contribution is -0.139. The molecule has 16 amide bonds. The van der Waals surface area contributed by atoms with Gasteiger partial charge in [0.25, 0.3) is 0 Å². The lowest BCUT2D eigenvalue weighted by atomic mass is 9.96. The molecule has 2 unspecified atom stereocenters. The number of carbonyl (C=O) groups excluding carboxylic acids is 16. The third-order valence-corrected chi connectivity index (χ3v) is 18.2. The summed E-state index contributed by atoms with van der Waals surface area (Å²) in [6.45, 7) is 9.61. The molecule has 2 aliphatic heterocycles. The van der Waals surface area contributed by atoms with Crippen LogP contribution in [-0.4, -0.2) is 228 Å². The minimum Gasteiger partial charge on any atom is -0.394 e. The lowest BCUT2D eigenvalue weighted by Crippen LogP contribution is -2.61. The van der Waals surface area contributed by atoms with Crippen molar-refractivity contribution in [1.29, 1.82) is 0 Å². The Morgan fingerprint density at radius 2 is 1.13 bits per heavy atom. The summed E-state index contributed by atoms with van der Waals surface area (Å²) in [7, 11) is 0. The Kier molecular flexibility index (Phi) is 43.1. The van der Waals surface area contributed by atoms with E-state index < -0.39 is 206 Å². The summed E-state index contributed by atoms with van der Waals surface area (Å²) in [5.74, 6) is -14.8. The SMILES string of the molecule is CCCCC(NC(=O)[C@H](CCCCN)NC(=O)C(CCCC)NC(=O)[C@H](CO)NC(=O)[C@@H](NC(=O)CNC(=O)[C@@H]1CCCCNC(=O)CC[C@H](NC(=O)[C@H](CCCCN)NC(=O)[C@@H]2CCCN2C(C)=O)C(=O)N[C@@H]([C@@H](C)CC)C(=O)N[C@@H](CCC(N)=O)C(=O)N[C@@H](CO)C(=O)N1)[C@@H](C)CC)C(N)=O. The van der Waals surface area contributed by atoms with Crippen LogP contribution in [0.5, 0.6) is 0 Å². The summed E-state index contributed by atoms with van der Waals surface area (Å²) < 4.78 is 0. The number of likely N-dealkylation sites (tertiary alicyclic amines) is 1. The van der Waals surface area contributed by atoms with Gasteiger partial charge in [-0.15, -0.1) is 0 Å². The molecular formula is C67H118N18O18. The van der Waals surface area contributed by atoms with Crippen molar-refractivity contribution in [3.05, 3.63) is 0 Å². The van der Waals surface area contributed by atoms with Crippen LogP contribution >= 0.6 is 0 Å². The van der Waals surface area contributed by atoms with E-state index in [-0.39, 0.29) is 89.6 Å². The molecule has 0 aliphatic carbocycles. The zero-order chi connectivity index (χ0) is 77.3. The van der Waals surface area contributed by atoms with E-state index in [2.05, 4.69) is 69.1 Å². The third kappa shape index (κ3) is 32.7. The molecule has 2 aliphatic rings. The van der Waals surface area contributed by atoms with Crippen LogP contribution in [0.1, 0.15) is 196 Å². The number of amides is 16. The number of nitrogens with zero attached hydrogens (tertiary/aromatic N) is 1. The van der Waals surface area contributed by atoms with E-state index in [1.54, 1.807) is 27.7 Å². The molecule has 0 bridgehead atoms. The highest BCUT2D eigenvalue weighted by atomic mass is 16.3. The Morgan fingerprint density at radius 1 is 0.573 bits per heavy atom. The predicted octanol–water partition coefficient (Wildman–Crippen LogP) is -5.01. The van der Waals surface area contributed by atoms with Crippen molar-refractivity contribution in [2.75, 3.05) is 45.9 Å². The number of nitrogens with one attached hydrogen (secondary N) is 13. The molecule has 0 radical (unpaired) electrons. The first-order chi connectivity index (χ1) is 48.9. The second-order valence-electron chi connectivity index (χ2n) is 26.5. The van der Waals surface area contributed by atoms with Crippen LogP contribution in [-0.2, 0) is 76.7 Å². The molecular weight excluding hydrogens is 1340 g/mol. The van der Waals surface area contributed by atoms with Gasteiger partial charge in [0, 0.05) is 32.9 Å². The van der Waals surface area contributed by atoms with Crippen molar-refractivity contribution in [2.45, 2.75) is 269 Å². The van der Waals surface area contributed by atoms with E-state index in [1.807, 2.05) is 13.8 Å². The maximum atomic E-state index is 14.5. The van der Waals surface area contributed by atoms with Gasteiger partial charge in [0.05, 0.1) is 19.8 Å². The van der Waals surface area contributed by atoms with E-state index >= 15 is 0 Å². The monoisotopic (exact) mass is 1460 g/mol. The molecule has 0 spiro atoms. The zero-order valence-electron chi connectivity index (χ0n) is 61.0. The predicted molar refractivity (Wildman–Crippen MR) is 376 cm³/mol. The summed E-state index contributed by atoms with van der Waals surface area (Å²) in [6, 6.07) is -16.7. The van der Waals surface area contributed by atoms with Gasteiger partial charge in [-0.3, -0.25) is 76.7 Å². The summed E-state index contributed by atoms with van der Waals surface area (Å²) in [5, 5.41) is 54.2. The normalized spacial score (nSPS) is 21.1. The quantitative estimate of drug-likeness (QED) is 0.0255. The fourth-order valence-corrected chi connectivity index (χ4v) is 11.5. The zero-order valence-corrected chi connectivity index (χ0v) is 61.0. The molecule has 2 rings (SSSR count). The van der Waals surface area contributed by atoms with Crippen LogP contribution in [0.2, 0.25) is 0 Å². The second kappa shape index (κ2) is 49.1. The van der Waals surface area contributed by atoms with E-state index in [0.717, 1.165) is 6.42 Å². The molecule has 2 heterocycles. The van der Waals surface area contributed by atoms with Gasteiger partial charge in [0.2, 0.25) is 94.5 Å². The smallest absolute Gasteiger partial charge is 0.245 e. The molecule has 2 saturated heterocycles. The van der Waals surface area contributed by atoms with Gasteiger partial charge < -0.3 is 107 Å². The molecule has 36 nitrogen and oxygen atoms in total. The minimum absolute atomic E-state index is 0.0394. The Balaban J connectivity index is 2.47. The number of nitrogens with two attached hydrogens (primary N) is 4. The first kappa shape index (κ1) is 90.4. The standard InChI is InChI=1S/C67H118N18O18/c1-8-12-21-41(56(71)92)74-58(94)44(23-14-17-31-68)76-59(95)43(22-13-9-2)77-64(100)49(37-87)82-66(102)54(38(5)10-3)83-53(91)35-73-57(93)42-25-16-19-33-72-52(90)30-28-47(78-60(96)45(24-15-18-32-69)79-65(101)50-26-20-34-85(50)40(7)88)62(98)84-55(39(6)11-4)67(103)80-46(27-29-51(70)89)61(97)81-48(36-86)63(99)75-42/h38-39,41-50,54-55,86-87H,8-37,68-69H2,1-7H3,(H2,70,89)(H2,71,92)(H,72,90)(H,73,93)(H,74,94)(H,75,99)(H,76,95)(H,77,100)(H,78,96)(H,79,101)(H,80,103)(H,81,97)(H,82,102)(H,83,91)(H,84,98)/t38-,39-,41?,42-,43?,44-,45-,46-,47-,48-,49-,50-,54-,55-/m0/s1. The summed E-state index contributed by atoms with van der Waals surface area (Å²) in [4.78, 5) is 220. The fraction of sp³-hybridized carbons (Fsp3) is 0.761. The Labute approximate surface area is 602 Å². The molecule has 0 aromatic rings. The van der Waals surface area contributed by atoms with Crippen LogP contribution in [0.15, 0.2) is 0 Å². The number of rotatable bonds is 40. The van der Waals surface area contributed by atoms with Crippen LogP contribution in [0.25, 0.3) is 0 Å². The number of aliphatic hydroxyl groups excluding tert-OH is 2. The first-order valence-corrected chi connectivity index (χ1v) is 36.3. The highest BCUT2D eigenvalue weighted by Gasteiger charge is 2.39. The average Bonchev–Trinajstić information content (AvgIpc) is 1.82. The Hall–Kier alpha value is -8.64. The van der Waals surface area contributed by atoms with Crippen molar-refractivity contribution < 1.29 is 86.9 Å². The van der Waals surface area contributed by atoms with Gasteiger partial charge >= 0.3 is 0 Å². The van der Waals surface area contributed by atoms with E-state index in [0.29, 0.717) is 70.9 Å². The summed E-state index contributed by atoms with van der Waals surface area (Å²) in [6.07, 6.45) is 4.29. The molecule has 584 valence electrons. The van der Waals surface area contributed by atoms with Gasteiger partial charge in [-0.25, -0.2) is 0 Å². The first-order valence-electron chi connectivity index (χ1n) is 36.3. The molecule has 103 heavy (non-hydrogen) atoms. The number of unbranched alkanes of at least 4 members (excludes halogenated alkanes) is 4. The minimum atomic E-state index is -1.84. The molecule has 23 N–H and O–H groups in total. The van der Waals surface area contributed by atoms with E-state index in [9.17, 15) is 86.9 Å². The van der Waals surface area contributed by atoms with Crippen molar-refractivity contribution in [3.63, 3.8) is 0 Å². The van der Waals surface area contributed by atoms with Crippen LogP contribution in [0.3, 0.4) is 0 Å². The molecule has 14 atom stereocenters. The van der Waals surface area contributed by atoms with Gasteiger partial charge in [-0.1, -0.05) is 80.1 Å². The maximum Gasteiger partial charge on any atom is 0.245 e. The van der Waals surface area contributed by atoms with Gasteiger partial charge in [-0.05, 0) is 121 Å². The number of hydrogen-bond donors (Lipinski definition) is 19. The van der Waals surface area contributed by atoms with Crippen molar-refractivity contribution in [3.8, 4) is 0 Å². The third-order valence-electron chi connectivity index (χ3n) is 18.2. The number of carbonyl (C=O) groups is 16. The van der Waals surface area contributed by atoms with Gasteiger partial charge in [-0.2, -0.15) is 0 Å². The van der Waals surface area contributed by atoms with Gasteiger partial charge in [0.1, 0.15) is 72.5 Å². The van der Waals surface area contributed by atoms with Crippen LogP contribution < -0.4 is 92.1 Å².